The molecular formula is C15H11FN2O2. The van der Waals surface area contributed by atoms with Crippen LogP contribution < -0.4 is 10.1 Å². The molecule has 2 aromatic rings. The van der Waals surface area contributed by atoms with Crippen molar-refractivity contribution in [2.45, 2.75) is 0 Å². The van der Waals surface area contributed by atoms with Crippen LogP contribution in [0.4, 0.5) is 10.1 Å². The highest BCUT2D eigenvalue weighted by atomic mass is 19.1. The van der Waals surface area contributed by atoms with Crippen molar-refractivity contribution in [1.82, 2.24) is 0 Å². The van der Waals surface area contributed by atoms with Gasteiger partial charge in [-0.25, -0.2) is 4.39 Å². The quantitative estimate of drug-likeness (QED) is 0.932. The van der Waals surface area contributed by atoms with Crippen molar-refractivity contribution in [2.75, 3.05) is 12.4 Å². The van der Waals surface area contributed by atoms with Gasteiger partial charge in [0.1, 0.15) is 23.2 Å². The Hall–Kier alpha value is -2.87. The fraction of sp³-hybridized carbons (Fsp3) is 0.0667. The fourth-order valence-electron chi connectivity index (χ4n) is 1.77. The molecule has 5 heteroatoms. The van der Waals surface area contributed by atoms with Crippen molar-refractivity contribution in [3.8, 4) is 11.8 Å². The van der Waals surface area contributed by atoms with E-state index in [-0.39, 0.29) is 11.3 Å². The number of carbonyl (C=O) groups is 1. The number of nitrogens with zero attached hydrogens (tertiary/aromatic N) is 1. The lowest BCUT2D eigenvalue weighted by atomic mass is 10.1. The molecule has 0 fully saturated rings. The van der Waals surface area contributed by atoms with Crippen LogP contribution in [-0.4, -0.2) is 13.0 Å². The molecule has 0 atom stereocenters. The van der Waals surface area contributed by atoms with Gasteiger partial charge in [0.25, 0.3) is 5.91 Å². The molecule has 2 rings (SSSR count). The first-order valence-corrected chi connectivity index (χ1v) is 5.80. The summed E-state index contributed by atoms with van der Waals surface area (Å²) in [5.74, 6) is -1.21. The Kier molecular flexibility index (Phi) is 3.96. The van der Waals surface area contributed by atoms with E-state index in [4.69, 9.17) is 10.00 Å². The number of para-hydroxylation sites is 1. The number of halogens is 1. The summed E-state index contributed by atoms with van der Waals surface area (Å²) in [6, 6.07) is 12.6. The number of hydrogen-bond acceptors (Lipinski definition) is 3. The standard InChI is InChI=1S/C15H11FN2O2/c1-20-13-8-4-6-11(16)14(13)15(19)18-12-7-3-2-5-10(12)9-17/h2-8H,1H3,(H,18,19). The first-order valence-electron chi connectivity index (χ1n) is 5.80. The van der Waals surface area contributed by atoms with Crippen LogP contribution >= 0.6 is 0 Å². The molecule has 2 aromatic carbocycles. The summed E-state index contributed by atoms with van der Waals surface area (Å²) < 4.78 is 18.7. The zero-order valence-corrected chi connectivity index (χ0v) is 10.7. The van der Waals surface area contributed by atoms with Gasteiger partial charge >= 0.3 is 0 Å². The lowest BCUT2D eigenvalue weighted by Gasteiger charge is -2.10. The minimum Gasteiger partial charge on any atom is -0.496 e. The smallest absolute Gasteiger partial charge is 0.262 e. The Balaban J connectivity index is 2.37. The minimum absolute atomic E-state index is 0.136. The lowest BCUT2D eigenvalue weighted by Crippen LogP contribution is -2.15. The molecule has 100 valence electrons. The largest absolute Gasteiger partial charge is 0.496 e. The molecule has 0 unspecified atom stereocenters. The van der Waals surface area contributed by atoms with Crippen LogP contribution in [0.2, 0.25) is 0 Å². The van der Waals surface area contributed by atoms with Crippen LogP contribution in [0.5, 0.6) is 5.75 Å². The van der Waals surface area contributed by atoms with Crippen LogP contribution in [-0.2, 0) is 0 Å². The number of amides is 1. The Labute approximate surface area is 115 Å². The van der Waals surface area contributed by atoms with Crippen LogP contribution in [0.3, 0.4) is 0 Å². The van der Waals surface area contributed by atoms with Crippen LogP contribution in [0.15, 0.2) is 42.5 Å². The maximum Gasteiger partial charge on any atom is 0.262 e. The molecule has 4 nitrogen and oxygen atoms in total. The monoisotopic (exact) mass is 270 g/mol. The third-order valence-corrected chi connectivity index (χ3v) is 2.72. The van der Waals surface area contributed by atoms with Crippen molar-refractivity contribution in [2.24, 2.45) is 0 Å². The summed E-state index contributed by atoms with van der Waals surface area (Å²) in [6.45, 7) is 0. The average Bonchev–Trinajstić information content (AvgIpc) is 2.47. The average molecular weight is 270 g/mol. The fourth-order valence-corrected chi connectivity index (χ4v) is 1.77. The Morgan fingerprint density at radius 1 is 1.25 bits per heavy atom. The second-order valence-corrected chi connectivity index (χ2v) is 3.93. The van der Waals surface area contributed by atoms with Crippen molar-refractivity contribution in [3.63, 3.8) is 0 Å². The minimum atomic E-state index is -0.684. The van der Waals surface area contributed by atoms with E-state index in [1.807, 2.05) is 6.07 Å². The van der Waals surface area contributed by atoms with Gasteiger partial charge in [-0.15, -0.1) is 0 Å². The summed E-state index contributed by atoms with van der Waals surface area (Å²) >= 11 is 0. The van der Waals surface area contributed by atoms with Crippen molar-refractivity contribution < 1.29 is 13.9 Å². The molecule has 20 heavy (non-hydrogen) atoms. The summed E-state index contributed by atoms with van der Waals surface area (Å²) in [5, 5.41) is 11.5. The van der Waals surface area contributed by atoms with Gasteiger partial charge in [0, 0.05) is 0 Å². The Bertz CT molecular complexity index is 693. The predicted octanol–water partition coefficient (Wildman–Crippen LogP) is 2.96. The van der Waals surface area contributed by atoms with Gasteiger partial charge in [-0.3, -0.25) is 4.79 Å². The molecule has 1 amide bonds. The zero-order chi connectivity index (χ0) is 14.5. The highest BCUT2D eigenvalue weighted by Gasteiger charge is 2.18. The van der Waals surface area contributed by atoms with Crippen molar-refractivity contribution in [1.29, 1.82) is 5.26 Å². The normalized spacial score (nSPS) is 9.65. The number of anilines is 1. The van der Waals surface area contributed by atoms with E-state index in [2.05, 4.69) is 5.32 Å². The van der Waals surface area contributed by atoms with Gasteiger partial charge in [0.05, 0.1) is 18.4 Å². The maximum absolute atomic E-state index is 13.8. The third-order valence-electron chi connectivity index (χ3n) is 2.72. The number of carbonyl (C=O) groups excluding carboxylic acids is 1. The number of nitrogens with one attached hydrogen (secondary N) is 1. The first kappa shape index (κ1) is 13.6. The highest BCUT2D eigenvalue weighted by Crippen LogP contribution is 2.23. The molecule has 0 aromatic heterocycles. The van der Waals surface area contributed by atoms with Crippen LogP contribution in [0.25, 0.3) is 0 Å². The summed E-state index contributed by atoms with van der Waals surface area (Å²) in [5.41, 5.74) is 0.434. The van der Waals surface area contributed by atoms with Gasteiger partial charge in [0.2, 0.25) is 0 Å². The van der Waals surface area contributed by atoms with Gasteiger partial charge in [-0.1, -0.05) is 18.2 Å². The predicted molar refractivity (Wildman–Crippen MR) is 72.1 cm³/mol. The third kappa shape index (κ3) is 2.59. The van der Waals surface area contributed by atoms with E-state index >= 15 is 0 Å². The second kappa shape index (κ2) is 5.85. The second-order valence-electron chi connectivity index (χ2n) is 3.93. The molecular weight excluding hydrogens is 259 g/mol. The molecule has 1 N–H and O–H groups in total. The molecule has 0 aliphatic carbocycles. The number of ether oxygens (including phenoxy) is 1. The molecule has 0 bridgehead atoms. The van der Waals surface area contributed by atoms with Gasteiger partial charge in [0.15, 0.2) is 0 Å². The molecule has 0 spiro atoms. The van der Waals surface area contributed by atoms with E-state index < -0.39 is 11.7 Å². The van der Waals surface area contributed by atoms with E-state index in [0.29, 0.717) is 11.3 Å². The van der Waals surface area contributed by atoms with Crippen LogP contribution in [0.1, 0.15) is 15.9 Å². The molecule has 0 radical (unpaired) electrons. The molecule has 0 saturated heterocycles. The number of nitriles is 1. The highest BCUT2D eigenvalue weighted by molar-refractivity contribution is 6.07. The Morgan fingerprint density at radius 2 is 2.00 bits per heavy atom. The maximum atomic E-state index is 13.8. The number of benzene rings is 2. The Morgan fingerprint density at radius 3 is 2.70 bits per heavy atom. The van der Waals surface area contributed by atoms with Crippen molar-refractivity contribution >= 4 is 11.6 Å². The van der Waals surface area contributed by atoms with E-state index in [1.165, 1.54) is 25.3 Å². The lowest BCUT2D eigenvalue weighted by molar-refractivity contribution is 0.102. The molecule has 0 aliphatic heterocycles. The molecule has 0 aliphatic rings. The van der Waals surface area contributed by atoms with E-state index in [0.717, 1.165) is 0 Å². The van der Waals surface area contributed by atoms with Gasteiger partial charge in [-0.05, 0) is 24.3 Å². The first-order chi connectivity index (χ1) is 9.67. The molecule has 0 heterocycles. The SMILES string of the molecule is COc1cccc(F)c1C(=O)Nc1ccccc1C#N. The van der Waals surface area contributed by atoms with Gasteiger partial charge < -0.3 is 10.1 Å². The van der Waals surface area contributed by atoms with Crippen LogP contribution in [0, 0.1) is 17.1 Å². The topological polar surface area (TPSA) is 62.1 Å². The van der Waals surface area contributed by atoms with E-state index in [1.54, 1.807) is 24.3 Å². The number of methoxy groups -OCH3 is 1. The summed E-state index contributed by atoms with van der Waals surface area (Å²) in [6.07, 6.45) is 0. The van der Waals surface area contributed by atoms with Gasteiger partial charge in [-0.2, -0.15) is 5.26 Å². The number of hydrogen-bond donors (Lipinski definition) is 1. The zero-order valence-electron chi connectivity index (χ0n) is 10.7. The molecule has 0 saturated carbocycles. The number of rotatable bonds is 3. The van der Waals surface area contributed by atoms with Crippen molar-refractivity contribution in [3.05, 3.63) is 59.4 Å². The summed E-state index contributed by atoms with van der Waals surface area (Å²) in [7, 11) is 1.36. The summed E-state index contributed by atoms with van der Waals surface area (Å²) in [4.78, 5) is 12.1. The van der Waals surface area contributed by atoms with E-state index in [9.17, 15) is 9.18 Å².